The Morgan fingerprint density at radius 1 is 1.00 bits per heavy atom. The van der Waals surface area contributed by atoms with Crippen LogP contribution in [0.5, 0.6) is 0 Å². The maximum atomic E-state index is 11.7. The second kappa shape index (κ2) is 5.98. The minimum absolute atomic E-state index is 0.182. The van der Waals surface area contributed by atoms with Crippen molar-refractivity contribution in [3.63, 3.8) is 0 Å². The zero-order chi connectivity index (χ0) is 12.8. The van der Waals surface area contributed by atoms with Crippen molar-refractivity contribution < 1.29 is 9.63 Å². The van der Waals surface area contributed by atoms with E-state index in [1.165, 1.54) is 0 Å². The first-order valence-corrected chi connectivity index (χ1v) is 5.83. The normalized spacial score (nSPS) is 11.8. The van der Waals surface area contributed by atoms with Crippen molar-refractivity contribution in [2.45, 2.75) is 13.0 Å². The Bertz CT molecular complexity index is 496. The third kappa shape index (κ3) is 3.18. The molecular formula is C15H15NO2. The maximum absolute atomic E-state index is 11.7. The summed E-state index contributed by atoms with van der Waals surface area (Å²) in [4.78, 5) is 17.1. The van der Waals surface area contributed by atoms with Crippen molar-refractivity contribution in [2.24, 2.45) is 0 Å². The molecule has 0 saturated heterocycles. The molecule has 3 heteroatoms. The molecule has 0 aliphatic rings. The highest BCUT2D eigenvalue weighted by atomic mass is 16.7. The van der Waals surface area contributed by atoms with Crippen LogP contribution in [-0.2, 0) is 4.84 Å². The van der Waals surface area contributed by atoms with Gasteiger partial charge in [-0.05, 0) is 24.6 Å². The lowest BCUT2D eigenvalue weighted by atomic mass is 10.1. The standard InChI is InChI=1S/C15H15NO2/c1-12(13-8-4-2-5-9-13)18-16-15(17)14-10-6-3-7-11-14/h2-12H,1H3,(H,16,17). The highest BCUT2D eigenvalue weighted by molar-refractivity contribution is 5.93. The number of rotatable bonds is 4. The highest BCUT2D eigenvalue weighted by Gasteiger charge is 2.09. The molecule has 0 radical (unpaired) electrons. The summed E-state index contributed by atoms with van der Waals surface area (Å²) in [5.41, 5.74) is 4.06. The number of hydrogen-bond donors (Lipinski definition) is 1. The van der Waals surface area contributed by atoms with E-state index >= 15 is 0 Å². The molecule has 2 rings (SSSR count). The first-order chi connectivity index (χ1) is 8.77. The van der Waals surface area contributed by atoms with Gasteiger partial charge in [-0.2, -0.15) is 0 Å². The van der Waals surface area contributed by atoms with Gasteiger partial charge in [-0.1, -0.05) is 48.5 Å². The fourth-order valence-corrected chi connectivity index (χ4v) is 1.58. The number of amides is 1. The van der Waals surface area contributed by atoms with Crippen LogP contribution in [0.1, 0.15) is 28.9 Å². The zero-order valence-electron chi connectivity index (χ0n) is 10.2. The van der Waals surface area contributed by atoms with Crippen molar-refractivity contribution in [3.05, 3.63) is 71.8 Å². The van der Waals surface area contributed by atoms with Gasteiger partial charge in [0.05, 0.1) is 0 Å². The molecule has 0 spiro atoms. The van der Waals surface area contributed by atoms with Crippen LogP contribution in [0.2, 0.25) is 0 Å². The Labute approximate surface area is 106 Å². The summed E-state index contributed by atoms with van der Waals surface area (Å²) >= 11 is 0. The number of hydroxylamine groups is 1. The lowest BCUT2D eigenvalue weighted by Gasteiger charge is -2.13. The van der Waals surface area contributed by atoms with Crippen LogP contribution in [0.15, 0.2) is 60.7 Å². The summed E-state index contributed by atoms with van der Waals surface area (Å²) in [5.74, 6) is -0.238. The predicted molar refractivity (Wildman–Crippen MR) is 69.9 cm³/mol. The smallest absolute Gasteiger partial charge is 0.267 e. The van der Waals surface area contributed by atoms with E-state index in [1.54, 1.807) is 12.1 Å². The number of hydrogen-bond acceptors (Lipinski definition) is 2. The van der Waals surface area contributed by atoms with Gasteiger partial charge in [-0.25, -0.2) is 5.48 Å². The average molecular weight is 241 g/mol. The average Bonchev–Trinajstić information content (AvgIpc) is 2.46. The molecule has 1 atom stereocenters. The molecular weight excluding hydrogens is 226 g/mol. The van der Waals surface area contributed by atoms with E-state index in [4.69, 9.17) is 4.84 Å². The number of benzene rings is 2. The van der Waals surface area contributed by atoms with Gasteiger partial charge < -0.3 is 0 Å². The van der Waals surface area contributed by atoms with Crippen LogP contribution in [0, 0.1) is 0 Å². The molecule has 2 aromatic carbocycles. The molecule has 0 aromatic heterocycles. The van der Waals surface area contributed by atoms with Crippen LogP contribution in [0.4, 0.5) is 0 Å². The number of carbonyl (C=O) groups is 1. The van der Waals surface area contributed by atoms with Crippen LogP contribution in [-0.4, -0.2) is 5.91 Å². The van der Waals surface area contributed by atoms with E-state index < -0.39 is 0 Å². The van der Waals surface area contributed by atoms with Gasteiger partial charge >= 0.3 is 0 Å². The second-order valence-corrected chi connectivity index (χ2v) is 3.97. The third-order valence-corrected chi connectivity index (χ3v) is 2.63. The van der Waals surface area contributed by atoms with E-state index in [9.17, 15) is 4.79 Å². The largest absolute Gasteiger partial charge is 0.274 e. The molecule has 0 saturated carbocycles. The molecule has 2 aromatic rings. The van der Waals surface area contributed by atoms with Gasteiger partial charge in [-0.3, -0.25) is 9.63 Å². The molecule has 1 amide bonds. The summed E-state index contributed by atoms with van der Waals surface area (Å²) in [5, 5.41) is 0. The third-order valence-electron chi connectivity index (χ3n) is 2.63. The molecule has 1 N–H and O–H groups in total. The highest BCUT2D eigenvalue weighted by Crippen LogP contribution is 2.14. The molecule has 0 bridgehead atoms. The van der Waals surface area contributed by atoms with E-state index in [0.29, 0.717) is 5.56 Å². The van der Waals surface area contributed by atoms with Gasteiger partial charge in [0.2, 0.25) is 0 Å². The summed E-state index contributed by atoms with van der Waals surface area (Å²) < 4.78 is 0. The molecule has 0 aliphatic carbocycles. The van der Waals surface area contributed by atoms with Gasteiger partial charge in [-0.15, -0.1) is 0 Å². The molecule has 0 aliphatic heterocycles. The summed E-state index contributed by atoms with van der Waals surface area (Å²) in [7, 11) is 0. The maximum Gasteiger partial charge on any atom is 0.274 e. The van der Waals surface area contributed by atoms with Crippen LogP contribution in [0.3, 0.4) is 0 Å². The fraction of sp³-hybridized carbons (Fsp3) is 0.133. The van der Waals surface area contributed by atoms with Crippen LogP contribution < -0.4 is 5.48 Å². The van der Waals surface area contributed by atoms with E-state index in [-0.39, 0.29) is 12.0 Å². The van der Waals surface area contributed by atoms with Crippen molar-refractivity contribution in [3.8, 4) is 0 Å². The molecule has 0 fully saturated rings. The Morgan fingerprint density at radius 2 is 1.56 bits per heavy atom. The van der Waals surface area contributed by atoms with Crippen LogP contribution in [0.25, 0.3) is 0 Å². The molecule has 3 nitrogen and oxygen atoms in total. The number of nitrogens with one attached hydrogen (secondary N) is 1. The first-order valence-electron chi connectivity index (χ1n) is 5.83. The summed E-state index contributed by atoms with van der Waals surface area (Å²) in [6, 6.07) is 18.7. The van der Waals surface area contributed by atoms with Crippen molar-refractivity contribution >= 4 is 5.91 Å². The monoisotopic (exact) mass is 241 g/mol. The van der Waals surface area contributed by atoms with Crippen molar-refractivity contribution in [2.75, 3.05) is 0 Å². The zero-order valence-corrected chi connectivity index (χ0v) is 10.2. The Kier molecular flexibility index (Phi) is 4.10. The van der Waals surface area contributed by atoms with E-state index in [1.807, 2.05) is 55.5 Å². The van der Waals surface area contributed by atoms with Gasteiger partial charge in [0.15, 0.2) is 0 Å². The quantitative estimate of drug-likeness (QED) is 0.835. The molecule has 18 heavy (non-hydrogen) atoms. The lowest BCUT2D eigenvalue weighted by molar-refractivity contribution is -0.00890. The van der Waals surface area contributed by atoms with Crippen molar-refractivity contribution in [1.29, 1.82) is 0 Å². The minimum Gasteiger partial charge on any atom is -0.267 e. The fourth-order valence-electron chi connectivity index (χ4n) is 1.58. The van der Waals surface area contributed by atoms with Gasteiger partial charge in [0, 0.05) is 5.56 Å². The van der Waals surface area contributed by atoms with E-state index in [0.717, 1.165) is 5.56 Å². The molecule has 1 unspecified atom stereocenters. The summed E-state index contributed by atoms with van der Waals surface area (Å²) in [6.45, 7) is 1.89. The Morgan fingerprint density at radius 3 is 2.17 bits per heavy atom. The summed E-state index contributed by atoms with van der Waals surface area (Å²) in [6.07, 6.45) is -0.182. The topological polar surface area (TPSA) is 38.3 Å². The van der Waals surface area contributed by atoms with E-state index in [2.05, 4.69) is 5.48 Å². The second-order valence-electron chi connectivity index (χ2n) is 3.97. The van der Waals surface area contributed by atoms with Crippen molar-refractivity contribution in [1.82, 2.24) is 5.48 Å². The first kappa shape index (κ1) is 12.3. The van der Waals surface area contributed by atoms with Gasteiger partial charge in [0.25, 0.3) is 5.91 Å². The number of carbonyl (C=O) groups excluding carboxylic acids is 1. The lowest BCUT2D eigenvalue weighted by Crippen LogP contribution is -2.25. The van der Waals surface area contributed by atoms with Gasteiger partial charge in [0.1, 0.15) is 6.10 Å². The Hall–Kier alpha value is -2.13. The molecule has 92 valence electrons. The Balaban J connectivity index is 1.91. The van der Waals surface area contributed by atoms with Crippen LogP contribution >= 0.6 is 0 Å². The molecule has 0 heterocycles. The predicted octanol–water partition coefficient (Wildman–Crippen LogP) is 3.11. The minimum atomic E-state index is -0.238. The SMILES string of the molecule is CC(ONC(=O)c1ccccc1)c1ccccc1.